The summed E-state index contributed by atoms with van der Waals surface area (Å²) in [5.74, 6) is -0.240. The third kappa shape index (κ3) is 3.85. The van der Waals surface area contributed by atoms with Crippen LogP contribution in [0.1, 0.15) is 34.3 Å². The zero-order chi connectivity index (χ0) is 21.0. The average Bonchev–Trinajstić information content (AvgIpc) is 3.32. The molecule has 30 heavy (non-hydrogen) atoms. The van der Waals surface area contributed by atoms with Crippen LogP contribution in [0, 0.1) is 0 Å². The molecule has 0 unspecified atom stereocenters. The number of hydrogen-bond acceptors (Lipinski definition) is 4. The lowest BCUT2D eigenvalue weighted by Crippen LogP contribution is -2.49. The molecule has 3 aromatic rings. The van der Waals surface area contributed by atoms with Gasteiger partial charge in [-0.05, 0) is 42.2 Å². The van der Waals surface area contributed by atoms with Crippen LogP contribution in [-0.2, 0) is 21.5 Å². The minimum absolute atomic E-state index is 0.00725. The summed E-state index contributed by atoms with van der Waals surface area (Å²) in [6.07, 6.45) is 4.75. The minimum atomic E-state index is -0.694. The van der Waals surface area contributed by atoms with Gasteiger partial charge in [-0.3, -0.25) is 14.3 Å². The highest BCUT2D eigenvalue weighted by molar-refractivity contribution is 5.94. The van der Waals surface area contributed by atoms with Gasteiger partial charge in [-0.15, -0.1) is 0 Å². The Morgan fingerprint density at radius 2 is 1.70 bits per heavy atom. The molecule has 1 aliphatic rings. The molecule has 6 heteroatoms. The summed E-state index contributed by atoms with van der Waals surface area (Å²) in [4.78, 5) is 27.5. The molecule has 1 aromatic heterocycles. The molecule has 0 bridgehead atoms. The van der Waals surface area contributed by atoms with Gasteiger partial charge in [0.25, 0.3) is 5.91 Å². The van der Waals surface area contributed by atoms with Crippen molar-refractivity contribution in [3.8, 4) is 0 Å². The summed E-state index contributed by atoms with van der Waals surface area (Å²) in [6, 6.07) is 19.3. The highest BCUT2D eigenvalue weighted by Crippen LogP contribution is 2.37. The van der Waals surface area contributed by atoms with E-state index in [9.17, 15) is 9.59 Å². The first-order valence-corrected chi connectivity index (χ1v) is 10.1. The van der Waals surface area contributed by atoms with Gasteiger partial charge < -0.3 is 9.64 Å². The first-order chi connectivity index (χ1) is 14.6. The number of likely N-dealkylation sites (tertiary alicyclic amines) is 1. The summed E-state index contributed by atoms with van der Waals surface area (Å²) in [6.45, 7) is 1.69. The van der Waals surface area contributed by atoms with Gasteiger partial charge in [0.05, 0.1) is 19.1 Å². The van der Waals surface area contributed by atoms with Crippen molar-refractivity contribution in [3.05, 3.63) is 89.7 Å². The van der Waals surface area contributed by atoms with Crippen molar-refractivity contribution in [2.45, 2.75) is 24.8 Å². The molecule has 0 radical (unpaired) electrons. The molecule has 154 valence electrons. The van der Waals surface area contributed by atoms with E-state index in [-0.39, 0.29) is 11.9 Å². The largest absolute Gasteiger partial charge is 0.468 e. The molecule has 1 saturated heterocycles. The zero-order valence-corrected chi connectivity index (χ0v) is 17.0. The fraction of sp³-hybridized carbons (Fsp3) is 0.292. The van der Waals surface area contributed by atoms with Gasteiger partial charge in [0.15, 0.2) is 0 Å². The highest BCUT2D eigenvalue weighted by atomic mass is 16.5. The maximum Gasteiger partial charge on any atom is 0.316 e. The van der Waals surface area contributed by atoms with Gasteiger partial charge in [-0.1, -0.05) is 42.5 Å². The summed E-state index contributed by atoms with van der Waals surface area (Å²) >= 11 is 0. The van der Waals surface area contributed by atoms with Crippen molar-refractivity contribution in [2.75, 3.05) is 20.2 Å². The Morgan fingerprint density at radius 3 is 2.30 bits per heavy atom. The number of nitrogens with zero attached hydrogens (tertiary/aromatic N) is 3. The van der Waals surface area contributed by atoms with Crippen LogP contribution in [0.25, 0.3) is 0 Å². The van der Waals surface area contributed by atoms with Gasteiger partial charge in [0, 0.05) is 31.0 Å². The lowest BCUT2D eigenvalue weighted by Gasteiger charge is -2.40. The van der Waals surface area contributed by atoms with E-state index in [0.29, 0.717) is 38.0 Å². The molecular formula is C24H25N3O3. The van der Waals surface area contributed by atoms with Crippen molar-refractivity contribution in [3.63, 3.8) is 0 Å². The molecule has 0 saturated carbocycles. The van der Waals surface area contributed by atoms with Crippen molar-refractivity contribution in [1.29, 1.82) is 0 Å². The molecule has 0 spiro atoms. The third-order valence-corrected chi connectivity index (χ3v) is 5.91. The molecule has 6 nitrogen and oxygen atoms in total. The van der Waals surface area contributed by atoms with Gasteiger partial charge in [0.1, 0.15) is 0 Å². The second-order valence-electron chi connectivity index (χ2n) is 7.63. The van der Waals surface area contributed by atoms with E-state index in [4.69, 9.17) is 4.74 Å². The summed E-state index contributed by atoms with van der Waals surface area (Å²) < 4.78 is 6.98. The Hall–Kier alpha value is -3.41. The number of carbonyl (C=O) groups is 2. The zero-order valence-electron chi connectivity index (χ0n) is 17.0. The van der Waals surface area contributed by atoms with Crippen LogP contribution >= 0.6 is 0 Å². The van der Waals surface area contributed by atoms with Gasteiger partial charge in [0.2, 0.25) is 0 Å². The monoisotopic (exact) mass is 403 g/mol. The predicted molar refractivity (Wildman–Crippen MR) is 113 cm³/mol. The quantitative estimate of drug-likeness (QED) is 0.614. The van der Waals surface area contributed by atoms with E-state index in [2.05, 4.69) is 5.10 Å². The number of piperidine rings is 1. The highest BCUT2D eigenvalue weighted by Gasteiger charge is 2.44. The maximum absolute atomic E-state index is 13.0. The fourth-order valence-corrected chi connectivity index (χ4v) is 4.17. The fourth-order valence-electron chi connectivity index (χ4n) is 4.17. The SMILES string of the molecule is COC(=O)C1(c2ccccc2)CCN(C(=O)c2ccc(Cn3cccn3)cc2)CC1. The lowest BCUT2D eigenvalue weighted by molar-refractivity contribution is -0.149. The van der Waals surface area contributed by atoms with Crippen LogP contribution in [0.5, 0.6) is 0 Å². The number of esters is 1. The minimum Gasteiger partial charge on any atom is -0.468 e. The number of carbonyl (C=O) groups excluding carboxylic acids is 2. The van der Waals surface area contributed by atoms with E-state index in [1.54, 1.807) is 6.20 Å². The van der Waals surface area contributed by atoms with Crippen LogP contribution in [0.3, 0.4) is 0 Å². The number of amides is 1. The second-order valence-corrected chi connectivity index (χ2v) is 7.63. The third-order valence-electron chi connectivity index (χ3n) is 5.91. The number of rotatable bonds is 5. The van der Waals surface area contributed by atoms with Crippen molar-refractivity contribution in [1.82, 2.24) is 14.7 Å². The summed E-state index contributed by atoms with van der Waals surface area (Å²) in [5.41, 5.74) is 2.00. The van der Waals surface area contributed by atoms with Crippen molar-refractivity contribution in [2.24, 2.45) is 0 Å². The molecule has 1 fully saturated rings. The average molecular weight is 403 g/mol. The van der Waals surface area contributed by atoms with E-state index >= 15 is 0 Å². The Labute approximate surface area is 176 Å². The standard InChI is InChI=1S/C24H25N3O3/c1-30-23(29)24(21-6-3-2-4-7-21)12-16-26(17-13-24)22(28)20-10-8-19(9-11-20)18-27-15-5-14-25-27/h2-11,14-15H,12-13,16-18H2,1H3. The number of methoxy groups -OCH3 is 1. The molecule has 1 amide bonds. The molecule has 4 rings (SSSR count). The van der Waals surface area contributed by atoms with E-state index in [1.165, 1.54) is 7.11 Å². The molecular weight excluding hydrogens is 378 g/mol. The van der Waals surface area contributed by atoms with Gasteiger partial charge in [-0.2, -0.15) is 5.10 Å². The van der Waals surface area contributed by atoms with E-state index < -0.39 is 5.41 Å². The van der Waals surface area contributed by atoms with Crippen LogP contribution in [-0.4, -0.2) is 46.8 Å². The summed E-state index contributed by atoms with van der Waals surface area (Å²) in [5, 5.41) is 4.21. The summed E-state index contributed by atoms with van der Waals surface area (Å²) in [7, 11) is 1.43. The van der Waals surface area contributed by atoms with Crippen LogP contribution in [0.4, 0.5) is 0 Å². The lowest BCUT2D eigenvalue weighted by atomic mass is 9.72. The molecule has 2 aromatic carbocycles. The Kier molecular flexibility index (Phi) is 5.65. The number of aromatic nitrogens is 2. The molecule has 2 heterocycles. The van der Waals surface area contributed by atoms with Crippen LogP contribution in [0.15, 0.2) is 73.1 Å². The van der Waals surface area contributed by atoms with E-state index in [1.807, 2.05) is 76.4 Å². The van der Waals surface area contributed by atoms with E-state index in [0.717, 1.165) is 11.1 Å². The molecule has 0 N–H and O–H groups in total. The Balaban J connectivity index is 1.45. The first kappa shape index (κ1) is 19.9. The first-order valence-electron chi connectivity index (χ1n) is 10.1. The number of benzene rings is 2. The van der Waals surface area contributed by atoms with Crippen LogP contribution < -0.4 is 0 Å². The van der Waals surface area contributed by atoms with Crippen molar-refractivity contribution >= 4 is 11.9 Å². The molecule has 0 atom stereocenters. The van der Waals surface area contributed by atoms with Crippen LogP contribution in [0.2, 0.25) is 0 Å². The van der Waals surface area contributed by atoms with Gasteiger partial charge >= 0.3 is 5.97 Å². The smallest absolute Gasteiger partial charge is 0.316 e. The Morgan fingerprint density at radius 1 is 1.00 bits per heavy atom. The predicted octanol–water partition coefficient (Wildman–Crippen LogP) is 3.28. The molecule has 1 aliphatic heterocycles. The number of hydrogen-bond donors (Lipinski definition) is 0. The Bertz CT molecular complexity index is 990. The second kappa shape index (κ2) is 8.53. The molecule has 0 aliphatic carbocycles. The number of ether oxygens (including phenoxy) is 1. The van der Waals surface area contributed by atoms with Crippen molar-refractivity contribution < 1.29 is 14.3 Å². The normalized spacial score (nSPS) is 15.6. The topological polar surface area (TPSA) is 64.4 Å². The van der Waals surface area contributed by atoms with Gasteiger partial charge in [-0.25, -0.2) is 0 Å². The maximum atomic E-state index is 13.0.